The van der Waals surface area contributed by atoms with Gasteiger partial charge in [0, 0.05) is 33.2 Å². The highest BCUT2D eigenvalue weighted by Crippen LogP contribution is 2.43. The molecule has 6 rings (SSSR count). The van der Waals surface area contributed by atoms with E-state index in [0.717, 1.165) is 117 Å². The largest absolute Gasteiger partial charge is 0.507 e. The van der Waals surface area contributed by atoms with E-state index in [0.29, 0.717) is 11.1 Å². The van der Waals surface area contributed by atoms with Gasteiger partial charge in [-0.15, -0.1) is 0 Å². The first kappa shape index (κ1) is 32.2. The van der Waals surface area contributed by atoms with Crippen molar-refractivity contribution in [2.45, 2.75) is 93.9 Å². The van der Waals surface area contributed by atoms with Crippen LogP contribution < -0.4 is 0 Å². The Morgan fingerprint density at radius 2 is 1.40 bits per heavy atom. The number of unbranched alkanes of at least 4 members (excludes halogenated alkanes) is 2. The Morgan fingerprint density at radius 1 is 0.702 bits per heavy atom. The van der Waals surface area contributed by atoms with Crippen LogP contribution in [0.3, 0.4) is 0 Å². The Labute approximate surface area is 277 Å². The summed E-state index contributed by atoms with van der Waals surface area (Å²) in [6.07, 6.45) is 7.25. The summed E-state index contributed by atoms with van der Waals surface area (Å²) in [5, 5.41) is 11.3. The predicted octanol–water partition coefficient (Wildman–Crippen LogP) is 10.8. The summed E-state index contributed by atoms with van der Waals surface area (Å²) in [6, 6.07) is 11.6. The number of H-pyrrole nitrogens is 2. The fourth-order valence-electron chi connectivity index (χ4n) is 6.95. The predicted molar refractivity (Wildman–Crippen MR) is 196 cm³/mol. The number of carbonyl (C=O) groups is 1. The molecule has 0 saturated heterocycles. The molecule has 47 heavy (non-hydrogen) atoms. The fraction of sp³-hybridized carbons (Fsp3) is 0.341. The number of aromatic hydroxyl groups is 1. The maximum Gasteiger partial charge on any atom is 0.150 e. The van der Waals surface area contributed by atoms with Gasteiger partial charge in [0.1, 0.15) is 12.0 Å². The lowest BCUT2D eigenvalue weighted by Gasteiger charge is -2.10. The fourth-order valence-corrected chi connectivity index (χ4v) is 6.95. The normalized spacial score (nSPS) is 13.2. The average molecular weight is 627 g/mol. The molecule has 242 valence electrons. The molecule has 2 aliphatic heterocycles. The Morgan fingerprint density at radius 3 is 2.13 bits per heavy atom. The second kappa shape index (κ2) is 12.8. The number of fused-ring (bicyclic) bond motifs is 8. The maximum atomic E-state index is 11.9. The zero-order valence-corrected chi connectivity index (χ0v) is 29.0. The van der Waals surface area contributed by atoms with Gasteiger partial charge in [-0.3, -0.25) is 4.79 Å². The summed E-state index contributed by atoms with van der Waals surface area (Å²) in [7, 11) is 0. The minimum atomic E-state index is 0.0995. The van der Waals surface area contributed by atoms with Gasteiger partial charge in [-0.1, -0.05) is 26.7 Å². The molecule has 0 saturated carbocycles. The Hall–Kier alpha value is -4.71. The van der Waals surface area contributed by atoms with Gasteiger partial charge in [0.2, 0.25) is 0 Å². The van der Waals surface area contributed by atoms with Crippen molar-refractivity contribution in [1.29, 1.82) is 0 Å². The first-order valence-corrected chi connectivity index (χ1v) is 17.0. The first-order chi connectivity index (χ1) is 22.6. The lowest BCUT2D eigenvalue weighted by molar-refractivity contribution is 0.112. The van der Waals surface area contributed by atoms with Gasteiger partial charge in [-0.25, -0.2) is 9.97 Å². The summed E-state index contributed by atoms with van der Waals surface area (Å²) >= 11 is 0. The highest BCUT2D eigenvalue weighted by atomic mass is 16.3. The van der Waals surface area contributed by atoms with Crippen LogP contribution in [0.1, 0.15) is 122 Å². The van der Waals surface area contributed by atoms with Crippen molar-refractivity contribution in [1.82, 2.24) is 19.9 Å². The van der Waals surface area contributed by atoms with Crippen LogP contribution in [0.25, 0.3) is 55.5 Å². The van der Waals surface area contributed by atoms with Gasteiger partial charge < -0.3 is 15.1 Å². The van der Waals surface area contributed by atoms with Crippen LogP contribution in [0, 0.1) is 20.8 Å². The zero-order valence-electron chi connectivity index (χ0n) is 29.0. The number of aromatic nitrogens is 4. The molecule has 0 atom stereocenters. The van der Waals surface area contributed by atoms with E-state index in [1.807, 2.05) is 0 Å². The van der Waals surface area contributed by atoms with Crippen molar-refractivity contribution in [3.05, 3.63) is 87.0 Å². The topological polar surface area (TPSA) is 94.7 Å². The highest BCUT2D eigenvalue weighted by molar-refractivity contribution is 6.02. The number of aromatic amines is 2. The smallest absolute Gasteiger partial charge is 0.150 e. The first-order valence-electron chi connectivity index (χ1n) is 17.0. The number of rotatable bonds is 8. The molecule has 0 unspecified atom stereocenters. The van der Waals surface area contributed by atoms with Gasteiger partial charge >= 0.3 is 0 Å². The summed E-state index contributed by atoms with van der Waals surface area (Å²) in [4.78, 5) is 30.0. The summed E-state index contributed by atoms with van der Waals surface area (Å²) in [5.74, 6) is 0.0995. The molecule has 6 heteroatoms. The summed E-state index contributed by atoms with van der Waals surface area (Å²) in [6.45, 7) is 17.3. The number of phenolic OH excluding ortho intramolecular Hbond substituents is 1. The van der Waals surface area contributed by atoms with E-state index in [-0.39, 0.29) is 5.75 Å². The van der Waals surface area contributed by atoms with Crippen LogP contribution in [0.2, 0.25) is 0 Å². The number of hydrogen-bond acceptors (Lipinski definition) is 4. The SMILES string of the molecule is CCCCC1=C(C)c2cc3nc(c(-c4cc(C=O)ccc4O)c4[nH]c(cc5[nH]c(cc1n2)c(CCCC)c5C)c(C)c4C)C(C)=C3C. The zero-order chi connectivity index (χ0) is 33.6. The Balaban J connectivity index is 1.84. The van der Waals surface area contributed by atoms with Gasteiger partial charge in [-0.05, 0) is 148 Å². The van der Waals surface area contributed by atoms with E-state index < -0.39 is 0 Å². The Kier molecular flexibility index (Phi) is 8.80. The van der Waals surface area contributed by atoms with Crippen LogP contribution >= 0.6 is 0 Å². The second-order valence-electron chi connectivity index (χ2n) is 13.2. The molecule has 3 aromatic heterocycles. The van der Waals surface area contributed by atoms with Gasteiger partial charge in [0.15, 0.2) is 0 Å². The lowest BCUT2D eigenvalue weighted by Crippen LogP contribution is -1.92. The number of nitrogens with zero attached hydrogens (tertiary/aromatic N) is 2. The van der Waals surface area contributed by atoms with Crippen molar-refractivity contribution in [2.24, 2.45) is 0 Å². The molecule has 0 spiro atoms. The average Bonchev–Trinajstić information content (AvgIpc) is 3.71. The molecule has 2 aliphatic rings. The number of aldehydes is 1. The van der Waals surface area contributed by atoms with E-state index in [1.54, 1.807) is 18.2 Å². The van der Waals surface area contributed by atoms with Crippen LogP contribution in [0.15, 0.2) is 36.4 Å². The van der Waals surface area contributed by atoms with E-state index in [9.17, 15) is 9.90 Å². The monoisotopic (exact) mass is 626 g/mol. The Bertz CT molecular complexity index is 2160. The number of nitrogens with one attached hydrogen (secondary N) is 2. The van der Waals surface area contributed by atoms with Crippen LogP contribution in [0.5, 0.6) is 5.75 Å². The standard InChI is InChI=1S/C41H46N4O2/c1-9-11-13-29-26(7)34-18-32-22(3)24(5)40(44-32)39(31-17-28(21-46)15-16-38(31)47)41-25(6)23(4)33(45-41)19-35-27(8)30(14-12-10-2)37(43-35)20-36(29)42-34/h15-21,42,44,47H,9-14H2,1-8H3. The van der Waals surface area contributed by atoms with Crippen molar-refractivity contribution >= 4 is 50.6 Å². The molecule has 0 aliphatic carbocycles. The number of aryl methyl sites for hydroxylation is 4. The number of carbonyl (C=O) groups excluding carboxylic acids is 1. The lowest BCUT2D eigenvalue weighted by atomic mass is 9.95. The highest BCUT2D eigenvalue weighted by Gasteiger charge is 2.24. The van der Waals surface area contributed by atoms with Crippen molar-refractivity contribution < 1.29 is 9.90 Å². The molecule has 4 aromatic rings. The molecule has 0 amide bonds. The maximum absolute atomic E-state index is 11.9. The third-order valence-corrected chi connectivity index (χ3v) is 10.3. The van der Waals surface area contributed by atoms with Crippen molar-refractivity contribution in [2.75, 3.05) is 0 Å². The molecule has 0 fully saturated rings. The van der Waals surface area contributed by atoms with Crippen LogP contribution in [-0.2, 0) is 6.42 Å². The second-order valence-corrected chi connectivity index (χ2v) is 13.2. The van der Waals surface area contributed by atoms with E-state index in [2.05, 4.69) is 83.6 Å². The van der Waals surface area contributed by atoms with Crippen molar-refractivity contribution in [3.63, 3.8) is 0 Å². The molecule has 5 heterocycles. The minimum absolute atomic E-state index is 0.0995. The summed E-state index contributed by atoms with van der Waals surface area (Å²) in [5.41, 5.74) is 18.9. The number of phenols is 1. The van der Waals surface area contributed by atoms with Crippen LogP contribution in [-0.4, -0.2) is 31.3 Å². The van der Waals surface area contributed by atoms with E-state index in [4.69, 9.17) is 9.97 Å². The third kappa shape index (κ3) is 5.64. The molecule has 3 N–H and O–H groups in total. The molecule has 0 radical (unpaired) electrons. The van der Waals surface area contributed by atoms with Crippen molar-refractivity contribution in [3.8, 4) is 16.9 Å². The molecule has 8 bridgehead atoms. The van der Waals surface area contributed by atoms with Crippen LogP contribution in [0.4, 0.5) is 0 Å². The number of benzene rings is 1. The molecular weight excluding hydrogens is 580 g/mol. The number of allylic oxidation sites excluding steroid dienone is 4. The van der Waals surface area contributed by atoms with Gasteiger partial charge in [-0.2, -0.15) is 0 Å². The third-order valence-electron chi connectivity index (χ3n) is 10.3. The molecule has 6 nitrogen and oxygen atoms in total. The van der Waals surface area contributed by atoms with Gasteiger partial charge in [0.25, 0.3) is 0 Å². The number of hydrogen-bond donors (Lipinski definition) is 3. The minimum Gasteiger partial charge on any atom is -0.507 e. The molecule has 1 aromatic carbocycles. The van der Waals surface area contributed by atoms with E-state index >= 15 is 0 Å². The quantitative estimate of drug-likeness (QED) is 0.170. The summed E-state index contributed by atoms with van der Waals surface area (Å²) < 4.78 is 0. The van der Waals surface area contributed by atoms with E-state index in [1.165, 1.54) is 22.3 Å². The molecular formula is C41H46N4O2. The van der Waals surface area contributed by atoms with Gasteiger partial charge in [0.05, 0.1) is 28.3 Å².